The van der Waals surface area contributed by atoms with Crippen molar-refractivity contribution < 1.29 is 9.90 Å². The molecule has 1 aromatic heterocycles. The number of β-amino-alcohol motifs (C(OH)–C–C–N with tert-alkyl or cyclic N) is 1. The van der Waals surface area contributed by atoms with E-state index < -0.39 is 6.10 Å². The van der Waals surface area contributed by atoms with E-state index in [-0.39, 0.29) is 29.2 Å². The number of nitrogens with zero attached hydrogens (tertiary/aromatic N) is 3. The van der Waals surface area contributed by atoms with Gasteiger partial charge in [0.2, 0.25) is 5.91 Å². The highest BCUT2D eigenvalue weighted by molar-refractivity contribution is 6.34. The molecule has 1 unspecified atom stereocenters. The summed E-state index contributed by atoms with van der Waals surface area (Å²) in [5, 5.41) is 16.7. The van der Waals surface area contributed by atoms with E-state index >= 15 is 0 Å². The smallest absolute Gasteiger partial charge is 0.229 e. The standard InChI is InChI=1S/C8H7Cl2N3O2/c9-6-2-5(8(10)12-11-6)13-3-4(14)1-7(13)15/h2,4,14H,1,3H2. The normalized spacial score (nSPS) is 21.1. The molecule has 1 amide bonds. The van der Waals surface area contributed by atoms with Crippen LogP contribution >= 0.6 is 23.2 Å². The quantitative estimate of drug-likeness (QED) is 0.801. The van der Waals surface area contributed by atoms with Crippen LogP contribution in [0.25, 0.3) is 0 Å². The van der Waals surface area contributed by atoms with Crippen molar-refractivity contribution in [3.63, 3.8) is 0 Å². The Morgan fingerprint density at radius 1 is 1.47 bits per heavy atom. The fourth-order valence-electron chi connectivity index (χ4n) is 1.45. The third-order valence-corrected chi connectivity index (χ3v) is 2.55. The molecule has 0 spiro atoms. The highest BCUT2D eigenvalue weighted by Crippen LogP contribution is 2.28. The largest absolute Gasteiger partial charge is 0.391 e. The molecule has 0 aromatic carbocycles. The molecule has 1 N–H and O–H groups in total. The number of rotatable bonds is 1. The minimum Gasteiger partial charge on any atom is -0.391 e. The number of amides is 1. The van der Waals surface area contributed by atoms with E-state index in [1.165, 1.54) is 11.0 Å². The Labute approximate surface area is 95.6 Å². The molecular weight excluding hydrogens is 241 g/mol. The van der Waals surface area contributed by atoms with Gasteiger partial charge >= 0.3 is 0 Å². The van der Waals surface area contributed by atoms with Gasteiger partial charge in [0.1, 0.15) is 0 Å². The molecule has 1 fully saturated rings. The number of carbonyl (C=O) groups excluding carboxylic acids is 1. The second-order valence-electron chi connectivity index (χ2n) is 3.21. The molecule has 5 nitrogen and oxygen atoms in total. The SMILES string of the molecule is O=C1CC(O)CN1c1cc(Cl)nnc1Cl. The summed E-state index contributed by atoms with van der Waals surface area (Å²) in [6.07, 6.45) is -0.573. The summed E-state index contributed by atoms with van der Waals surface area (Å²) in [7, 11) is 0. The zero-order chi connectivity index (χ0) is 11.0. The molecule has 1 aliphatic heterocycles. The minimum absolute atomic E-state index is 0.0935. The lowest BCUT2D eigenvalue weighted by Crippen LogP contribution is -2.25. The highest BCUT2D eigenvalue weighted by Gasteiger charge is 2.30. The van der Waals surface area contributed by atoms with E-state index in [4.69, 9.17) is 23.2 Å². The van der Waals surface area contributed by atoms with Gasteiger partial charge < -0.3 is 10.0 Å². The van der Waals surface area contributed by atoms with Crippen LogP contribution in [0.3, 0.4) is 0 Å². The van der Waals surface area contributed by atoms with Gasteiger partial charge in [0.25, 0.3) is 0 Å². The van der Waals surface area contributed by atoms with Gasteiger partial charge in [-0.05, 0) is 0 Å². The minimum atomic E-state index is -0.666. The van der Waals surface area contributed by atoms with Crippen LogP contribution in [-0.4, -0.2) is 33.9 Å². The van der Waals surface area contributed by atoms with E-state index in [1.807, 2.05) is 0 Å². The highest BCUT2D eigenvalue weighted by atomic mass is 35.5. The fraction of sp³-hybridized carbons (Fsp3) is 0.375. The number of carbonyl (C=O) groups is 1. The van der Waals surface area contributed by atoms with Crippen molar-refractivity contribution in [3.05, 3.63) is 16.4 Å². The summed E-state index contributed by atoms with van der Waals surface area (Å²) in [4.78, 5) is 12.8. The Kier molecular flexibility index (Phi) is 2.77. The first-order valence-corrected chi connectivity index (χ1v) is 5.00. The molecule has 1 atom stereocenters. The summed E-state index contributed by atoms with van der Waals surface area (Å²) < 4.78 is 0. The van der Waals surface area contributed by atoms with Crippen LogP contribution in [0, 0.1) is 0 Å². The Balaban J connectivity index is 2.37. The third kappa shape index (κ3) is 2.04. The van der Waals surface area contributed by atoms with Gasteiger partial charge in [-0.25, -0.2) is 0 Å². The maximum Gasteiger partial charge on any atom is 0.229 e. The van der Waals surface area contributed by atoms with Gasteiger partial charge in [-0.3, -0.25) is 4.79 Å². The summed E-state index contributed by atoms with van der Waals surface area (Å²) >= 11 is 11.4. The number of hydrogen-bond acceptors (Lipinski definition) is 4. The fourth-order valence-corrected chi connectivity index (χ4v) is 1.79. The van der Waals surface area contributed by atoms with Crippen LogP contribution in [0.4, 0.5) is 5.69 Å². The van der Waals surface area contributed by atoms with Gasteiger partial charge in [0, 0.05) is 6.07 Å². The number of halogens is 2. The zero-order valence-electron chi connectivity index (χ0n) is 7.52. The first kappa shape index (κ1) is 10.6. The van der Waals surface area contributed by atoms with Crippen LogP contribution in [0.1, 0.15) is 6.42 Å². The Bertz CT molecular complexity index is 413. The van der Waals surface area contributed by atoms with Crippen LogP contribution in [0.15, 0.2) is 6.07 Å². The van der Waals surface area contributed by atoms with Gasteiger partial charge in [0.05, 0.1) is 24.8 Å². The van der Waals surface area contributed by atoms with E-state index in [9.17, 15) is 9.90 Å². The molecular formula is C8H7Cl2N3O2. The van der Waals surface area contributed by atoms with Crippen LogP contribution < -0.4 is 4.90 Å². The monoisotopic (exact) mass is 247 g/mol. The predicted octanol–water partition coefficient (Wildman–Crippen LogP) is 0.881. The Morgan fingerprint density at radius 3 is 2.80 bits per heavy atom. The maximum absolute atomic E-state index is 11.5. The van der Waals surface area contributed by atoms with Gasteiger partial charge in [0.15, 0.2) is 10.3 Å². The van der Waals surface area contributed by atoms with Gasteiger partial charge in [-0.1, -0.05) is 23.2 Å². The summed E-state index contributed by atoms with van der Waals surface area (Å²) in [6, 6.07) is 1.45. The van der Waals surface area contributed by atoms with Crippen LogP contribution in [-0.2, 0) is 4.79 Å². The Hall–Kier alpha value is -0.910. The summed E-state index contributed by atoms with van der Waals surface area (Å²) in [6.45, 7) is 0.209. The Morgan fingerprint density at radius 2 is 2.20 bits per heavy atom. The number of hydrogen-bond donors (Lipinski definition) is 1. The van der Waals surface area contributed by atoms with E-state index in [2.05, 4.69) is 10.2 Å². The lowest BCUT2D eigenvalue weighted by atomic mass is 10.3. The lowest BCUT2D eigenvalue weighted by molar-refractivity contribution is -0.117. The zero-order valence-corrected chi connectivity index (χ0v) is 9.03. The maximum atomic E-state index is 11.5. The molecule has 0 aliphatic carbocycles. The molecule has 15 heavy (non-hydrogen) atoms. The van der Waals surface area contributed by atoms with Crippen molar-refractivity contribution in [2.24, 2.45) is 0 Å². The van der Waals surface area contributed by atoms with E-state index in [0.717, 1.165) is 0 Å². The summed E-state index contributed by atoms with van der Waals surface area (Å²) in [5.74, 6) is -0.200. The number of anilines is 1. The van der Waals surface area contributed by atoms with Gasteiger partial charge in [-0.2, -0.15) is 0 Å². The average molecular weight is 248 g/mol. The molecule has 1 aromatic rings. The van der Waals surface area contributed by atoms with E-state index in [1.54, 1.807) is 0 Å². The third-order valence-electron chi connectivity index (χ3n) is 2.10. The van der Waals surface area contributed by atoms with Crippen molar-refractivity contribution >= 4 is 34.8 Å². The molecule has 1 aliphatic rings. The molecule has 80 valence electrons. The van der Waals surface area contributed by atoms with Crippen molar-refractivity contribution in [1.82, 2.24) is 10.2 Å². The number of aliphatic hydroxyl groups is 1. The molecule has 0 radical (unpaired) electrons. The number of aromatic nitrogens is 2. The average Bonchev–Trinajstić information content (AvgIpc) is 2.50. The van der Waals surface area contributed by atoms with Crippen LogP contribution in [0.2, 0.25) is 10.3 Å². The predicted molar refractivity (Wildman–Crippen MR) is 55.0 cm³/mol. The second-order valence-corrected chi connectivity index (χ2v) is 3.95. The number of aliphatic hydroxyl groups excluding tert-OH is 1. The molecule has 2 rings (SSSR count). The van der Waals surface area contributed by atoms with Crippen molar-refractivity contribution in [3.8, 4) is 0 Å². The second kappa shape index (κ2) is 3.92. The van der Waals surface area contributed by atoms with Crippen LogP contribution in [0.5, 0.6) is 0 Å². The first-order chi connectivity index (χ1) is 7.08. The summed E-state index contributed by atoms with van der Waals surface area (Å²) in [5.41, 5.74) is 0.387. The van der Waals surface area contributed by atoms with Crippen molar-refractivity contribution in [1.29, 1.82) is 0 Å². The van der Waals surface area contributed by atoms with Crippen molar-refractivity contribution in [2.75, 3.05) is 11.4 Å². The van der Waals surface area contributed by atoms with Gasteiger partial charge in [-0.15, -0.1) is 10.2 Å². The van der Waals surface area contributed by atoms with Crippen molar-refractivity contribution in [2.45, 2.75) is 12.5 Å². The topological polar surface area (TPSA) is 66.3 Å². The molecule has 1 saturated heterocycles. The molecule has 0 saturated carbocycles. The first-order valence-electron chi connectivity index (χ1n) is 4.25. The molecule has 7 heteroatoms. The lowest BCUT2D eigenvalue weighted by Gasteiger charge is -2.16. The van der Waals surface area contributed by atoms with E-state index in [0.29, 0.717) is 5.69 Å². The molecule has 2 heterocycles. The molecule has 0 bridgehead atoms.